The minimum atomic E-state index is -4.54. The molecule has 0 aliphatic rings. The molecule has 0 aliphatic heterocycles. The van der Waals surface area contributed by atoms with Gasteiger partial charge in [0, 0.05) is 5.56 Å². The number of hydrogen-bond donors (Lipinski definition) is 1. The van der Waals surface area contributed by atoms with Crippen molar-refractivity contribution in [3.05, 3.63) is 32.6 Å². The smallest absolute Gasteiger partial charge is 0.400 e. The Morgan fingerprint density at radius 3 is 2.60 bits per heavy atom. The van der Waals surface area contributed by atoms with E-state index < -0.39 is 24.0 Å². The highest BCUT2D eigenvalue weighted by atomic mass is 19.4. The molecule has 5 nitrogen and oxygen atoms in total. The first kappa shape index (κ1) is 11.3. The lowest BCUT2D eigenvalue weighted by atomic mass is 10.4. The van der Waals surface area contributed by atoms with Gasteiger partial charge in [-0.25, -0.2) is 4.79 Å². The van der Waals surface area contributed by atoms with E-state index in [2.05, 4.69) is 4.84 Å². The van der Waals surface area contributed by atoms with Gasteiger partial charge in [0.2, 0.25) is 6.61 Å². The van der Waals surface area contributed by atoms with Crippen LogP contribution in [0.3, 0.4) is 0 Å². The van der Waals surface area contributed by atoms with E-state index in [-0.39, 0.29) is 5.56 Å². The number of rotatable bonds is 2. The van der Waals surface area contributed by atoms with Gasteiger partial charge in [0.05, 0.1) is 6.20 Å². The van der Waals surface area contributed by atoms with Crippen molar-refractivity contribution < 1.29 is 18.0 Å². The van der Waals surface area contributed by atoms with Crippen LogP contribution in [0.15, 0.2) is 15.8 Å². The molecular weight excluding hydrogens is 217 g/mol. The van der Waals surface area contributed by atoms with E-state index in [4.69, 9.17) is 0 Å². The van der Waals surface area contributed by atoms with Crippen molar-refractivity contribution >= 4 is 0 Å². The minimum Gasteiger partial charge on any atom is -0.400 e. The molecule has 0 aromatic carbocycles. The molecule has 1 N–H and O–H groups in total. The van der Waals surface area contributed by atoms with Crippen LogP contribution in [0.2, 0.25) is 0 Å². The molecule has 0 spiro atoms. The summed E-state index contributed by atoms with van der Waals surface area (Å²) in [6, 6.07) is 0. The molecular formula is C7H7F3N2O3. The average Bonchev–Trinajstić information content (AvgIpc) is 2.07. The summed E-state index contributed by atoms with van der Waals surface area (Å²) in [6.45, 7) is -0.260. The Labute approximate surface area is 81.1 Å². The first-order valence-corrected chi connectivity index (χ1v) is 3.82. The molecule has 1 heterocycles. The van der Waals surface area contributed by atoms with Gasteiger partial charge in [0.25, 0.3) is 5.56 Å². The van der Waals surface area contributed by atoms with Crippen molar-refractivity contribution in [2.45, 2.75) is 13.1 Å². The largest absolute Gasteiger partial charge is 0.425 e. The van der Waals surface area contributed by atoms with Crippen LogP contribution in [-0.2, 0) is 0 Å². The topological polar surface area (TPSA) is 64.1 Å². The summed E-state index contributed by atoms with van der Waals surface area (Å²) in [5.41, 5.74) is -1.63. The molecule has 0 saturated heterocycles. The van der Waals surface area contributed by atoms with Crippen molar-refractivity contribution in [2.75, 3.05) is 6.61 Å². The predicted octanol–water partition coefficient (Wildman–Crippen LogP) is -0.164. The Hall–Kier alpha value is -1.73. The molecule has 0 fully saturated rings. The van der Waals surface area contributed by atoms with Gasteiger partial charge in [-0.05, 0) is 6.92 Å². The van der Waals surface area contributed by atoms with Crippen LogP contribution in [0.5, 0.6) is 0 Å². The maximum atomic E-state index is 11.7. The Morgan fingerprint density at radius 2 is 2.07 bits per heavy atom. The van der Waals surface area contributed by atoms with Crippen molar-refractivity contribution in [3.8, 4) is 0 Å². The lowest BCUT2D eigenvalue weighted by molar-refractivity contribution is -0.175. The SMILES string of the molecule is Cc1cn(OCC(F)(F)F)c(=O)[nH]c1=O. The number of aromatic nitrogens is 2. The Balaban J connectivity index is 2.92. The lowest BCUT2D eigenvalue weighted by Crippen LogP contribution is -2.37. The molecule has 1 aromatic rings. The monoisotopic (exact) mass is 224 g/mol. The number of H-pyrrole nitrogens is 1. The first-order chi connectivity index (χ1) is 6.79. The number of aromatic amines is 1. The zero-order chi connectivity index (χ0) is 11.6. The Bertz CT molecular complexity index is 460. The van der Waals surface area contributed by atoms with Crippen molar-refractivity contribution in [1.29, 1.82) is 0 Å². The van der Waals surface area contributed by atoms with Gasteiger partial charge >= 0.3 is 11.9 Å². The van der Waals surface area contributed by atoms with Crippen LogP contribution in [-0.4, -0.2) is 22.5 Å². The quantitative estimate of drug-likeness (QED) is 0.758. The molecule has 1 rings (SSSR count). The van der Waals surface area contributed by atoms with E-state index in [0.29, 0.717) is 4.73 Å². The molecule has 0 amide bonds. The standard InChI is InChI=1S/C7H7F3N2O3/c1-4-2-12(6(14)11-5(4)13)15-3-7(8,9)10/h2H,3H2,1H3,(H,11,13,14). The van der Waals surface area contributed by atoms with Gasteiger partial charge < -0.3 is 4.84 Å². The van der Waals surface area contributed by atoms with E-state index in [9.17, 15) is 22.8 Å². The van der Waals surface area contributed by atoms with Gasteiger partial charge in [-0.2, -0.15) is 13.2 Å². The van der Waals surface area contributed by atoms with Crippen molar-refractivity contribution in [1.82, 2.24) is 9.71 Å². The number of aryl methyl sites for hydroxylation is 1. The molecule has 0 saturated carbocycles. The first-order valence-electron chi connectivity index (χ1n) is 3.82. The fraction of sp³-hybridized carbons (Fsp3) is 0.429. The van der Waals surface area contributed by atoms with E-state index in [1.54, 1.807) is 4.98 Å². The van der Waals surface area contributed by atoms with Gasteiger partial charge in [-0.3, -0.25) is 9.78 Å². The van der Waals surface area contributed by atoms with Gasteiger partial charge in [0.15, 0.2) is 0 Å². The van der Waals surface area contributed by atoms with Crippen LogP contribution >= 0.6 is 0 Å². The van der Waals surface area contributed by atoms with Gasteiger partial charge in [0.1, 0.15) is 0 Å². The van der Waals surface area contributed by atoms with E-state index >= 15 is 0 Å². The molecule has 0 unspecified atom stereocenters. The van der Waals surface area contributed by atoms with Crippen LogP contribution < -0.4 is 16.1 Å². The zero-order valence-electron chi connectivity index (χ0n) is 7.59. The molecule has 0 bridgehead atoms. The lowest BCUT2D eigenvalue weighted by Gasteiger charge is -2.09. The summed E-state index contributed by atoms with van der Waals surface area (Å²) in [7, 11) is 0. The third-order valence-corrected chi connectivity index (χ3v) is 1.46. The maximum Gasteiger partial charge on any atom is 0.425 e. The van der Waals surface area contributed by atoms with Crippen LogP contribution in [0.25, 0.3) is 0 Å². The summed E-state index contributed by atoms with van der Waals surface area (Å²) < 4.78 is 35.6. The average molecular weight is 224 g/mol. The van der Waals surface area contributed by atoms with E-state index in [1.807, 2.05) is 0 Å². The maximum absolute atomic E-state index is 11.7. The number of hydrogen-bond acceptors (Lipinski definition) is 3. The van der Waals surface area contributed by atoms with Gasteiger partial charge in [-0.15, -0.1) is 4.73 Å². The molecule has 15 heavy (non-hydrogen) atoms. The van der Waals surface area contributed by atoms with Crippen molar-refractivity contribution in [3.63, 3.8) is 0 Å². The second-order valence-corrected chi connectivity index (χ2v) is 2.79. The van der Waals surface area contributed by atoms with Crippen LogP contribution in [0.1, 0.15) is 5.56 Å². The normalized spacial score (nSPS) is 11.5. The number of alkyl halides is 3. The minimum absolute atomic E-state index is 0.0803. The Kier molecular flexibility index (Phi) is 2.87. The third-order valence-electron chi connectivity index (χ3n) is 1.46. The molecule has 1 aromatic heterocycles. The summed E-state index contributed by atoms with van der Waals surface area (Å²) in [5.74, 6) is 0. The highest BCUT2D eigenvalue weighted by Gasteiger charge is 2.29. The highest BCUT2D eigenvalue weighted by Crippen LogP contribution is 2.12. The summed E-state index contributed by atoms with van der Waals surface area (Å²) in [5, 5.41) is 0. The number of nitrogens with zero attached hydrogens (tertiary/aromatic N) is 1. The van der Waals surface area contributed by atoms with Crippen molar-refractivity contribution in [2.24, 2.45) is 0 Å². The molecule has 84 valence electrons. The molecule has 0 radical (unpaired) electrons. The second-order valence-electron chi connectivity index (χ2n) is 2.79. The number of nitrogens with one attached hydrogen (secondary N) is 1. The molecule has 8 heteroatoms. The summed E-state index contributed by atoms with van der Waals surface area (Å²) >= 11 is 0. The Morgan fingerprint density at radius 1 is 1.47 bits per heavy atom. The molecule has 0 atom stereocenters. The van der Waals surface area contributed by atoms with Crippen LogP contribution in [0.4, 0.5) is 13.2 Å². The third kappa shape index (κ3) is 3.15. The summed E-state index contributed by atoms with van der Waals surface area (Å²) in [4.78, 5) is 27.7. The van der Waals surface area contributed by atoms with E-state index in [0.717, 1.165) is 6.20 Å². The summed E-state index contributed by atoms with van der Waals surface area (Å²) in [6.07, 6.45) is -3.64. The molecule has 0 aliphatic carbocycles. The fourth-order valence-electron chi connectivity index (χ4n) is 0.783. The predicted molar refractivity (Wildman–Crippen MR) is 43.6 cm³/mol. The zero-order valence-corrected chi connectivity index (χ0v) is 7.59. The van der Waals surface area contributed by atoms with E-state index in [1.165, 1.54) is 6.92 Å². The second kappa shape index (κ2) is 3.79. The fourth-order valence-corrected chi connectivity index (χ4v) is 0.783. The number of halogens is 3. The highest BCUT2D eigenvalue weighted by molar-refractivity contribution is 4.99. The van der Waals surface area contributed by atoms with Gasteiger partial charge in [-0.1, -0.05) is 0 Å². The van der Waals surface area contributed by atoms with Crippen LogP contribution in [0, 0.1) is 6.92 Å².